The minimum atomic E-state index is 0.136. The van der Waals surface area contributed by atoms with Gasteiger partial charge in [-0.25, -0.2) is 0 Å². The van der Waals surface area contributed by atoms with Gasteiger partial charge >= 0.3 is 0 Å². The van der Waals surface area contributed by atoms with Crippen molar-refractivity contribution in [2.24, 2.45) is 22.4 Å². The van der Waals surface area contributed by atoms with Gasteiger partial charge in [-0.05, 0) is 67.9 Å². The quantitative estimate of drug-likeness (QED) is 0.661. The molecule has 0 N–H and O–H groups in total. The Morgan fingerprint density at radius 2 is 1.83 bits per heavy atom. The fraction of sp³-hybridized carbons (Fsp3) is 0.591. The zero-order valence-electron chi connectivity index (χ0n) is 15.2. The van der Waals surface area contributed by atoms with Crippen molar-refractivity contribution in [3.8, 4) is 0 Å². The van der Waals surface area contributed by atoms with Crippen LogP contribution in [0.4, 0.5) is 5.69 Å². The normalized spacial score (nSPS) is 40.5. The van der Waals surface area contributed by atoms with E-state index in [-0.39, 0.29) is 5.54 Å². The Morgan fingerprint density at radius 1 is 1.04 bits per heavy atom. The summed E-state index contributed by atoms with van der Waals surface area (Å²) in [5.74, 6) is 1.52. The maximum atomic E-state index is 5.24. The van der Waals surface area contributed by atoms with E-state index in [1.807, 2.05) is 0 Å². The molecule has 0 radical (unpaired) electrons. The highest BCUT2D eigenvalue weighted by Gasteiger charge is 2.59. The lowest BCUT2D eigenvalue weighted by Crippen LogP contribution is -2.56. The molecule has 0 amide bonds. The van der Waals surface area contributed by atoms with E-state index in [1.54, 1.807) is 11.1 Å². The van der Waals surface area contributed by atoms with Crippen LogP contribution < -0.4 is 5.01 Å². The molecule has 1 aromatic carbocycles. The van der Waals surface area contributed by atoms with Crippen LogP contribution in [0, 0.1) is 17.3 Å². The fourth-order valence-corrected chi connectivity index (χ4v) is 6.62. The third kappa shape index (κ3) is 1.92. The van der Waals surface area contributed by atoms with Crippen LogP contribution >= 0.6 is 0 Å². The Bertz CT molecular complexity index is 746. The number of anilines is 1. The number of fused-ring (bicyclic) bond motifs is 1. The van der Waals surface area contributed by atoms with Crippen LogP contribution in [-0.2, 0) is 0 Å². The van der Waals surface area contributed by atoms with Gasteiger partial charge in [0.15, 0.2) is 0 Å². The highest BCUT2D eigenvalue weighted by molar-refractivity contribution is 6.07. The molecule has 126 valence electrons. The number of hydrazone groups is 1. The van der Waals surface area contributed by atoms with E-state index >= 15 is 0 Å². The molecule has 1 saturated carbocycles. The molecule has 5 rings (SSSR count). The highest BCUT2D eigenvalue weighted by atomic mass is 15.5. The number of hydrogen-bond donors (Lipinski definition) is 0. The molecular weight excluding hydrogens is 292 g/mol. The molecule has 1 fully saturated rings. The first-order chi connectivity index (χ1) is 11.5. The highest BCUT2D eigenvalue weighted by Crippen LogP contribution is 2.62. The molecule has 2 bridgehead atoms. The van der Waals surface area contributed by atoms with Crippen molar-refractivity contribution in [1.82, 2.24) is 0 Å². The second-order valence-corrected chi connectivity index (χ2v) is 9.40. The van der Waals surface area contributed by atoms with Crippen LogP contribution in [0.2, 0.25) is 0 Å². The fourth-order valence-electron chi connectivity index (χ4n) is 6.62. The lowest BCUT2D eigenvalue weighted by molar-refractivity contribution is 0.0941. The summed E-state index contributed by atoms with van der Waals surface area (Å²) in [7, 11) is 0. The number of para-hydroxylation sites is 1. The molecular formula is C22H28N2. The summed E-state index contributed by atoms with van der Waals surface area (Å²) >= 11 is 0. The number of nitrogens with zero attached hydrogens (tertiary/aromatic N) is 2. The first-order valence-electron chi connectivity index (χ1n) is 9.65. The third-order valence-electron chi connectivity index (χ3n) is 6.76. The lowest BCUT2D eigenvalue weighted by Gasteiger charge is -2.56. The summed E-state index contributed by atoms with van der Waals surface area (Å²) in [5.41, 5.74) is 6.67. The van der Waals surface area contributed by atoms with E-state index < -0.39 is 0 Å². The van der Waals surface area contributed by atoms with Gasteiger partial charge in [-0.1, -0.05) is 44.5 Å². The van der Waals surface area contributed by atoms with Gasteiger partial charge < -0.3 is 0 Å². The third-order valence-corrected chi connectivity index (χ3v) is 6.76. The number of rotatable bonds is 1. The first kappa shape index (κ1) is 14.7. The minimum Gasteiger partial charge on any atom is -0.255 e. The van der Waals surface area contributed by atoms with Crippen molar-refractivity contribution in [3.05, 3.63) is 41.5 Å². The molecule has 3 aliphatic carbocycles. The maximum absolute atomic E-state index is 5.24. The van der Waals surface area contributed by atoms with Crippen molar-refractivity contribution in [2.75, 3.05) is 5.01 Å². The van der Waals surface area contributed by atoms with Crippen molar-refractivity contribution in [3.63, 3.8) is 0 Å². The lowest BCUT2D eigenvalue weighted by atomic mass is 9.52. The van der Waals surface area contributed by atoms with E-state index in [9.17, 15) is 0 Å². The molecule has 1 spiro atoms. The van der Waals surface area contributed by atoms with Crippen LogP contribution in [0.5, 0.6) is 0 Å². The van der Waals surface area contributed by atoms with Gasteiger partial charge in [-0.15, -0.1) is 0 Å². The minimum absolute atomic E-state index is 0.136. The van der Waals surface area contributed by atoms with Crippen molar-refractivity contribution < 1.29 is 0 Å². The van der Waals surface area contributed by atoms with Gasteiger partial charge in [-0.3, -0.25) is 5.01 Å². The van der Waals surface area contributed by atoms with E-state index in [0.717, 1.165) is 18.3 Å². The standard InChI is InChI=1S/C22H28N2/c1-15-9-17-13-21(3)11-16(2)12-22(14-21)20(17)19(10-15)23-24(22)18-7-5-4-6-8-18/h4-8,15-16H,9-14H2,1-3H3/t15-,16-,21-,22+/m0/s1. The Balaban J connectivity index is 1.73. The zero-order chi connectivity index (χ0) is 16.5. The topological polar surface area (TPSA) is 15.6 Å². The summed E-state index contributed by atoms with van der Waals surface area (Å²) < 4.78 is 0. The molecule has 4 atom stereocenters. The molecule has 2 heteroatoms. The monoisotopic (exact) mass is 320 g/mol. The average molecular weight is 320 g/mol. The number of benzene rings is 1. The summed E-state index contributed by atoms with van der Waals surface area (Å²) in [6.07, 6.45) is 7.67. The molecule has 1 aliphatic heterocycles. The van der Waals surface area contributed by atoms with E-state index in [0.29, 0.717) is 5.41 Å². The van der Waals surface area contributed by atoms with Crippen LogP contribution in [-0.4, -0.2) is 11.3 Å². The summed E-state index contributed by atoms with van der Waals surface area (Å²) in [6.45, 7) is 7.39. The smallest absolute Gasteiger partial charge is 0.0908 e. The second kappa shape index (κ2) is 4.74. The van der Waals surface area contributed by atoms with Gasteiger partial charge in [0, 0.05) is 5.57 Å². The van der Waals surface area contributed by atoms with E-state index in [4.69, 9.17) is 5.10 Å². The first-order valence-corrected chi connectivity index (χ1v) is 9.65. The van der Waals surface area contributed by atoms with Crippen LogP contribution in [0.1, 0.15) is 59.3 Å². The van der Waals surface area contributed by atoms with Gasteiger partial charge in [0.2, 0.25) is 0 Å². The predicted octanol–water partition coefficient (Wildman–Crippen LogP) is 5.56. The average Bonchev–Trinajstić information content (AvgIpc) is 2.79. The molecule has 0 unspecified atom stereocenters. The Labute approximate surface area is 145 Å². The Kier molecular flexibility index (Phi) is 2.91. The summed E-state index contributed by atoms with van der Waals surface area (Å²) in [6, 6.07) is 10.9. The van der Waals surface area contributed by atoms with Crippen LogP contribution in [0.25, 0.3) is 0 Å². The Hall–Kier alpha value is -1.57. The molecule has 0 aromatic heterocycles. The van der Waals surface area contributed by atoms with Crippen molar-refractivity contribution >= 4 is 11.4 Å². The summed E-state index contributed by atoms with van der Waals surface area (Å²) in [4.78, 5) is 0. The van der Waals surface area contributed by atoms with Gasteiger partial charge in [0.1, 0.15) is 0 Å². The predicted molar refractivity (Wildman–Crippen MR) is 100 cm³/mol. The van der Waals surface area contributed by atoms with Crippen molar-refractivity contribution in [2.45, 2.75) is 64.8 Å². The van der Waals surface area contributed by atoms with Crippen molar-refractivity contribution in [1.29, 1.82) is 0 Å². The van der Waals surface area contributed by atoms with Gasteiger partial charge in [0.25, 0.3) is 0 Å². The molecule has 2 nitrogen and oxygen atoms in total. The van der Waals surface area contributed by atoms with Crippen LogP contribution in [0.15, 0.2) is 46.6 Å². The molecule has 4 aliphatic rings. The molecule has 24 heavy (non-hydrogen) atoms. The number of allylic oxidation sites excluding steroid dienone is 1. The molecule has 1 aromatic rings. The Morgan fingerprint density at radius 3 is 2.62 bits per heavy atom. The van der Waals surface area contributed by atoms with Gasteiger partial charge in [0.05, 0.1) is 16.9 Å². The maximum Gasteiger partial charge on any atom is 0.0908 e. The van der Waals surface area contributed by atoms with Crippen LogP contribution in [0.3, 0.4) is 0 Å². The SMILES string of the molecule is C[C@@H]1CC2=NN(c3ccccc3)[C@@]34C[C@@H](C)C[C@@](C)(CC(=C23)C1)C4. The van der Waals surface area contributed by atoms with E-state index in [2.05, 4.69) is 56.1 Å². The summed E-state index contributed by atoms with van der Waals surface area (Å²) in [5, 5.41) is 7.68. The molecule has 1 heterocycles. The number of hydrogen-bond acceptors (Lipinski definition) is 2. The van der Waals surface area contributed by atoms with E-state index in [1.165, 1.54) is 43.5 Å². The largest absolute Gasteiger partial charge is 0.255 e. The second-order valence-electron chi connectivity index (χ2n) is 9.40. The van der Waals surface area contributed by atoms with Gasteiger partial charge in [-0.2, -0.15) is 5.10 Å². The molecule has 0 saturated heterocycles. The zero-order valence-corrected chi connectivity index (χ0v) is 15.2.